The van der Waals surface area contributed by atoms with E-state index in [1.807, 2.05) is 0 Å². The number of carbonyl (C=O) groups is 1. The minimum absolute atomic E-state index is 0.443. The molecule has 2 aliphatic rings. The SMILES string of the molecule is CCCC1C2CCC(C2)C1C(C)=O. The standard InChI is InChI=1S/C12H20O/c1-3-4-11-9-5-6-10(7-9)12(11)8(2)13/h9-12H,3-7H2,1-2H3. The molecule has 0 aliphatic heterocycles. The molecule has 0 aromatic heterocycles. The van der Waals surface area contributed by atoms with E-state index >= 15 is 0 Å². The Morgan fingerprint density at radius 1 is 1.31 bits per heavy atom. The monoisotopic (exact) mass is 180 g/mol. The quantitative estimate of drug-likeness (QED) is 0.652. The summed E-state index contributed by atoms with van der Waals surface area (Å²) in [5.41, 5.74) is 0. The number of fused-ring (bicyclic) bond motifs is 2. The van der Waals surface area contributed by atoms with Crippen molar-refractivity contribution in [3.63, 3.8) is 0 Å². The largest absolute Gasteiger partial charge is 0.300 e. The molecule has 0 heterocycles. The first-order valence-corrected chi connectivity index (χ1v) is 5.74. The van der Waals surface area contributed by atoms with Crippen molar-refractivity contribution in [2.45, 2.75) is 46.0 Å². The molecule has 2 fully saturated rings. The third-order valence-electron chi connectivity index (χ3n) is 4.18. The summed E-state index contributed by atoms with van der Waals surface area (Å²) in [6, 6.07) is 0. The third kappa shape index (κ3) is 1.43. The van der Waals surface area contributed by atoms with E-state index in [1.54, 1.807) is 6.92 Å². The molecule has 0 amide bonds. The zero-order chi connectivity index (χ0) is 9.42. The summed E-state index contributed by atoms with van der Waals surface area (Å²) in [5.74, 6) is 3.32. The van der Waals surface area contributed by atoms with Gasteiger partial charge in [0.25, 0.3) is 0 Å². The predicted molar refractivity (Wildman–Crippen MR) is 53.4 cm³/mol. The fourth-order valence-corrected chi connectivity index (χ4v) is 3.79. The molecule has 0 N–H and O–H groups in total. The highest BCUT2D eigenvalue weighted by atomic mass is 16.1. The molecule has 4 unspecified atom stereocenters. The first-order chi connectivity index (χ1) is 6.24. The molecule has 13 heavy (non-hydrogen) atoms. The fourth-order valence-electron chi connectivity index (χ4n) is 3.79. The highest BCUT2D eigenvalue weighted by Gasteiger charge is 2.48. The molecule has 4 atom stereocenters. The topological polar surface area (TPSA) is 17.1 Å². The fraction of sp³-hybridized carbons (Fsp3) is 0.917. The maximum atomic E-state index is 11.5. The van der Waals surface area contributed by atoms with Gasteiger partial charge < -0.3 is 0 Å². The van der Waals surface area contributed by atoms with Crippen LogP contribution in [0.3, 0.4) is 0 Å². The molecule has 74 valence electrons. The Labute approximate surface area is 80.9 Å². The van der Waals surface area contributed by atoms with Crippen LogP contribution in [0.4, 0.5) is 0 Å². The number of ketones is 1. The van der Waals surface area contributed by atoms with Gasteiger partial charge in [-0.15, -0.1) is 0 Å². The second-order valence-corrected chi connectivity index (χ2v) is 4.92. The Bertz CT molecular complexity index is 209. The molecule has 0 aromatic rings. The van der Waals surface area contributed by atoms with E-state index in [0.717, 1.165) is 17.8 Å². The van der Waals surface area contributed by atoms with E-state index in [2.05, 4.69) is 6.92 Å². The van der Waals surface area contributed by atoms with Gasteiger partial charge in [0.2, 0.25) is 0 Å². The van der Waals surface area contributed by atoms with E-state index in [1.165, 1.54) is 32.1 Å². The summed E-state index contributed by atoms with van der Waals surface area (Å²) in [6.45, 7) is 4.04. The molecule has 0 spiro atoms. The summed E-state index contributed by atoms with van der Waals surface area (Å²) in [6.07, 6.45) is 6.62. The number of hydrogen-bond donors (Lipinski definition) is 0. The van der Waals surface area contributed by atoms with Gasteiger partial charge in [-0.2, -0.15) is 0 Å². The lowest BCUT2D eigenvalue weighted by Crippen LogP contribution is -2.27. The molecule has 0 saturated heterocycles. The summed E-state index contributed by atoms with van der Waals surface area (Å²) in [7, 11) is 0. The van der Waals surface area contributed by atoms with E-state index in [0.29, 0.717) is 11.7 Å². The molecule has 1 heteroatoms. The smallest absolute Gasteiger partial charge is 0.133 e. The lowest BCUT2D eigenvalue weighted by Gasteiger charge is -2.28. The number of hydrogen-bond acceptors (Lipinski definition) is 1. The normalized spacial score (nSPS) is 42.6. The van der Waals surface area contributed by atoms with Crippen LogP contribution in [0, 0.1) is 23.7 Å². The molecule has 2 saturated carbocycles. The van der Waals surface area contributed by atoms with Gasteiger partial charge in [0.1, 0.15) is 5.78 Å². The average molecular weight is 180 g/mol. The Balaban J connectivity index is 2.10. The van der Waals surface area contributed by atoms with Crippen molar-refractivity contribution < 1.29 is 4.79 Å². The number of rotatable bonds is 3. The van der Waals surface area contributed by atoms with Crippen molar-refractivity contribution in [3.8, 4) is 0 Å². The first kappa shape index (κ1) is 9.23. The maximum Gasteiger partial charge on any atom is 0.133 e. The second-order valence-electron chi connectivity index (χ2n) is 4.92. The Morgan fingerprint density at radius 2 is 2.00 bits per heavy atom. The Hall–Kier alpha value is -0.330. The molecule has 2 rings (SSSR count). The maximum absolute atomic E-state index is 11.5. The molecular formula is C12H20O. The summed E-state index contributed by atoms with van der Waals surface area (Å²) < 4.78 is 0. The average Bonchev–Trinajstić information content (AvgIpc) is 2.63. The molecule has 0 radical (unpaired) electrons. The highest BCUT2D eigenvalue weighted by Crippen LogP contribution is 2.53. The Morgan fingerprint density at radius 3 is 2.62 bits per heavy atom. The van der Waals surface area contributed by atoms with E-state index < -0.39 is 0 Å². The van der Waals surface area contributed by atoms with Gasteiger partial charge in [0.15, 0.2) is 0 Å². The second kappa shape index (κ2) is 3.43. The van der Waals surface area contributed by atoms with Crippen molar-refractivity contribution in [2.75, 3.05) is 0 Å². The van der Waals surface area contributed by atoms with Gasteiger partial charge in [-0.3, -0.25) is 4.79 Å². The van der Waals surface area contributed by atoms with Crippen LogP contribution < -0.4 is 0 Å². The first-order valence-electron chi connectivity index (χ1n) is 5.74. The van der Waals surface area contributed by atoms with Crippen molar-refractivity contribution >= 4 is 5.78 Å². The van der Waals surface area contributed by atoms with Gasteiger partial charge in [0.05, 0.1) is 0 Å². The van der Waals surface area contributed by atoms with Crippen molar-refractivity contribution in [1.82, 2.24) is 0 Å². The van der Waals surface area contributed by atoms with Gasteiger partial charge in [-0.05, 0) is 50.4 Å². The van der Waals surface area contributed by atoms with Crippen LogP contribution in [0.1, 0.15) is 46.0 Å². The van der Waals surface area contributed by atoms with E-state index in [-0.39, 0.29) is 0 Å². The zero-order valence-corrected chi connectivity index (χ0v) is 8.75. The van der Waals surface area contributed by atoms with Crippen LogP contribution in [-0.2, 0) is 4.79 Å². The zero-order valence-electron chi connectivity index (χ0n) is 8.75. The van der Waals surface area contributed by atoms with Crippen LogP contribution >= 0.6 is 0 Å². The van der Waals surface area contributed by atoms with Gasteiger partial charge in [-0.1, -0.05) is 13.3 Å². The van der Waals surface area contributed by atoms with Crippen LogP contribution in [0.2, 0.25) is 0 Å². The van der Waals surface area contributed by atoms with Gasteiger partial charge in [0, 0.05) is 5.92 Å². The van der Waals surface area contributed by atoms with Crippen molar-refractivity contribution in [1.29, 1.82) is 0 Å². The molecule has 2 aliphatic carbocycles. The lowest BCUT2D eigenvalue weighted by molar-refractivity contribution is -0.124. The van der Waals surface area contributed by atoms with Crippen molar-refractivity contribution in [2.24, 2.45) is 23.7 Å². The van der Waals surface area contributed by atoms with Crippen LogP contribution in [0.5, 0.6) is 0 Å². The third-order valence-corrected chi connectivity index (χ3v) is 4.18. The minimum atomic E-state index is 0.443. The predicted octanol–water partition coefficient (Wildman–Crippen LogP) is 3.04. The molecule has 0 aromatic carbocycles. The number of carbonyl (C=O) groups excluding carboxylic acids is 1. The van der Waals surface area contributed by atoms with E-state index in [9.17, 15) is 4.79 Å². The summed E-state index contributed by atoms with van der Waals surface area (Å²) >= 11 is 0. The Kier molecular flexibility index (Phi) is 2.44. The van der Waals surface area contributed by atoms with E-state index in [4.69, 9.17) is 0 Å². The van der Waals surface area contributed by atoms with Crippen LogP contribution in [0.15, 0.2) is 0 Å². The van der Waals surface area contributed by atoms with Crippen molar-refractivity contribution in [3.05, 3.63) is 0 Å². The highest BCUT2D eigenvalue weighted by molar-refractivity contribution is 5.79. The molecular weight excluding hydrogens is 160 g/mol. The van der Waals surface area contributed by atoms with Gasteiger partial charge in [-0.25, -0.2) is 0 Å². The minimum Gasteiger partial charge on any atom is -0.300 e. The molecule has 2 bridgehead atoms. The van der Waals surface area contributed by atoms with Crippen LogP contribution in [-0.4, -0.2) is 5.78 Å². The molecule has 1 nitrogen and oxygen atoms in total. The van der Waals surface area contributed by atoms with Crippen LogP contribution in [0.25, 0.3) is 0 Å². The number of Topliss-reactive ketones (excluding diaryl/α,β-unsaturated/α-hetero) is 1. The van der Waals surface area contributed by atoms with Gasteiger partial charge >= 0.3 is 0 Å². The summed E-state index contributed by atoms with van der Waals surface area (Å²) in [5, 5.41) is 0. The summed E-state index contributed by atoms with van der Waals surface area (Å²) in [4.78, 5) is 11.5. The lowest BCUT2D eigenvalue weighted by atomic mass is 9.75.